The molecule has 0 fully saturated rings. The zero-order valence-corrected chi connectivity index (χ0v) is 20.9. The Morgan fingerprint density at radius 2 is 1.80 bits per heavy atom. The highest BCUT2D eigenvalue weighted by Gasteiger charge is 2.15. The SMILES string of the molecule is Cc1cc(OCCn2c(C)c(/C=c3\sc4nc5ccccc5n4c3=O)c3ccccc32)ccc1Cl. The van der Waals surface area contributed by atoms with Crippen LogP contribution in [0, 0.1) is 13.8 Å². The van der Waals surface area contributed by atoms with Gasteiger partial charge in [0.1, 0.15) is 12.4 Å². The van der Waals surface area contributed by atoms with Gasteiger partial charge < -0.3 is 9.30 Å². The Balaban J connectivity index is 1.40. The molecule has 0 unspecified atom stereocenters. The summed E-state index contributed by atoms with van der Waals surface area (Å²) in [6, 6.07) is 21.7. The van der Waals surface area contributed by atoms with Gasteiger partial charge in [0.2, 0.25) is 0 Å². The van der Waals surface area contributed by atoms with Crippen molar-refractivity contribution in [3.8, 4) is 5.75 Å². The van der Waals surface area contributed by atoms with E-state index in [-0.39, 0.29) is 5.56 Å². The number of nitrogens with zero attached hydrogens (tertiary/aromatic N) is 3. The van der Waals surface area contributed by atoms with Crippen molar-refractivity contribution in [2.45, 2.75) is 20.4 Å². The van der Waals surface area contributed by atoms with Gasteiger partial charge in [0.05, 0.1) is 22.1 Å². The zero-order chi connectivity index (χ0) is 24.1. The van der Waals surface area contributed by atoms with Gasteiger partial charge in [0.25, 0.3) is 5.56 Å². The van der Waals surface area contributed by atoms with Crippen molar-refractivity contribution in [3.63, 3.8) is 0 Å². The number of para-hydroxylation sites is 3. The topological polar surface area (TPSA) is 48.5 Å². The predicted octanol–water partition coefficient (Wildman–Crippen LogP) is 5.76. The molecule has 0 radical (unpaired) electrons. The van der Waals surface area contributed by atoms with E-state index in [2.05, 4.69) is 28.6 Å². The summed E-state index contributed by atoms with van der Waals surface area (Å²) in [5, 5.41) is 1.85. The van der Waals surface area contributed by atoms with Crippen LogP contribution in [0.2, 0.25) is 5.02 Å². The summed E-state index contributed by atoms with van der Waals surface area (Å²) in [6.45, 7) is 5.27. The molecule has 0 bridgehead atoms. The minimum Gasteiger partial charge on any atom is -0.492 e. The third-order valence-corrected chi connectivity index (χ3v) is 7.81. The lowest BCUT2D eigenvalue weighted by Crippen LogP contribution is -2.22. The van der Waals surface area contributed by atoms with Crippen LogP contribution in [-0.2, 0) is 6.54 Å². The van der Waals surface area contributed by atoms with E-state index in [1.807, 2.05) is 67.6 Å². The molecule has 3 heterocycles. The van der Waals surface area contributed by atoms with E-state index in [0.717, 1.165) is 54.5 Å². The first-order chi connectivity index (χ1) is 17.0. The van der Waals surface area contributed by atoms with E-state index in [4.69, 9.17) is 16.3 Å². The summed E-state index contributed by atoms with van der Waals surface area (Å²) < 4.78 is 10.7. The highest BCUT2D eigenvalue weighted by Crippen LogP contribution is 2.27. The van der Waals surface area contributed by atoms with E-state index >= 15 is 0 Å². The third-order valence-electron chi connectivity index (χ3n) is 6.41. The van der Waals surface area contributed by atoms with E-state index < -0.39 is 0 Å². The molecular formula is C28H22ClN3O2S. The fourth-order valence-corrected chi connectivity index (χ4v) is 5.72. The van der Waals surface area contributed by atoms with Crippen molar-refractivity contribution >= 4 is 55.9 Å². The molecule has 6 rings (SSSR count). The molecule has 0 saturated carbocycles. The Morgan fingerprint density at radius 3 is 2.63 bits per heavy atom. The second-order valence-electron chi connectivity index (χ2n) is 8.56. The number of hydrogen-bond acceptors (Lipinski definition) is 4. The van der Waals surface area contributed by atoms with Crippen molar-refractivity contribution in [1.82, 2.24) is 14.0 Å². The highest BCUT2D eigenvalue weighted by atomic mass is 35.5. The summed E-state index contributed by atoms with van der Waals surface area (Å²) in [7, 11) is 0. The zero-order valence-electron chi connectivity index (χ0n) is 19.3. The molecule has 0 atom stereocenters. The number of fused-ring (bicyclic) bond motifs is 4. The number of imidazole rings is 1. The Bertz CT molecular complexity index is 1850. The van der Waals surface area contributed by atoms with Crippen LogP contribution in [0.25, 0.3) is 33.0 Å². The van der Waals surface area contributed by atoms with Crippen molar-refractivity contribution < 1.29 is 4.74 Å². The average molecular weight is 500 g/mol. The van der Waals surface area contributed by atoms with Gasteiger partial charge in [0.15, 0.2) is 4.96 Å². The number of rotatable bonds is 5. The standard InChI is InChI=1S/C28H22ClN3O2S/c1-17-15-19(11-12-22(17)29)34-14-13-31-18(2)21(20-7-3-5-9-24(20)31)16-26-27(33)32-25-10-6-4-8-23(25)30-28(32)35-26/h3-12,15-16H,13-14H2,1-2H3/b26-16-. The smallest absolute Gasteiger partial charge is 0.274 e. The Kier molecular flexibility index (Phi) is 5.35. The maximum Gasteiger partial charge on any atom is 0.274 e. The lowest BCUT2D eigenvalue weighted by atomic mass is 10.1. The summed E-state index contributed by atoms with van der Waals surface area (Å²) in [5.41, 5.74) is 5.91. The second-order valence-corrected chi connectivity index (χ2v) is 9.98. The quantitative estimate of drug-likeness (QED) is 0.303. The molecule has 0 N–H and O–H groups in total. The van der Waals surface area contributed by atoms with Gasteiger partial charge in [-0.15, -0.1) is 0 Å². The molecule has 6 aromatic rings. The van der Waals surface area contributed by atoms with Crippen LogP contribution in [0.5, 0.6) is 5.75 Å². The van der Waals surface area contributed by atoms with Crippen molar-refractivity contribution in [2.24, 2.45) is 0 Å². The van der Waals surface area contributed by atoms with Crippen LogP contribution in [-0.4, -0.2) is 20.6 Å². The minimum absolute atomic E-state index is 0.0311. The first kappa shape index (κ1) is 21.9. The number of hydrogen-bond donors (Lipinski definition) is 0. The number of halogens is 1. The maximum absolute atomic E-state index is 13.3. The Morgan fingerprint density at radius 1 is 1.03 bits per heavy atom. The molecule has 0 aliphatic carbocycles. The van der Waals surface area contributed by atoms with E-state index in [9.17, 15) is 4.79 Å². The Hall–Kier alpha value is -3.61. The number of ether oxygens (including phenoxy) is 1. The van der Waals surface area contributed by atoms with Gasteiger partial charge in [-0.25, -0.2) is 9.38 Å². The number of aryl methyl sites for hydroxylation is 1. The van der Waals surface area contributed by atoms with Crippen molar-refractivity contribution in [3.05, 3.63) is 103 Å². The second kappa shape index (κ2) is 8.56. The van der Waals surface area contributed by atoms with Crippen LogP contribution in [0.4, 0.5) is 0 Å². The van der Waals surface area contributed by atoms with Crippen LogP contribution in [0.1, 0.15) is 16.8 Å². The molecule has 0 aliphatic rings. The molecule has 5 nitrogen and oxygen atoms in total. The average Bonchev–Trinajstić information content (AvgIpc) is 3.46. The number of benzene rings is 3. The summed E-state index contributed by atoms with van der Waals surface area (Å²) in [5.74, 6) is 0.804. The molecule has 0 aliphatic heterocycles. The van der Waals surface area contributed by atoms with Gasteiger partial charge in [-0.05, 0) is 61.9 Å². The molecule has 3 aromatic heterocycles. The maximum atomic E-state index is 13.3. The molecule has 35 heavy (non-hydrogen) atoms. The van der Waals surface area contributed by atoms with Gasteiger partial charge in [-0.2, -0.15) is 0 Å². The van der Waals surface area contributed by atoms with Gasteiger partial charge in [0, 0.05) is 27.2 Å². The highest BCUT2D eigenvalue weighted by molar-refractivity contribution is 7.15. The number of thiazole rings is 1. The third kappa shape index (κ3) is 3.70. The molecule has 174 valence electrons. The summed E-state index contributed by atoms with van der Waals surface area (Å²) >= 11 is 7.56. The van der Waals surface area contributed by atoms with E-state index in [0.29, 0.717) is 17.7 Å². The first-order valence-corrected chi connectivity index (χ1v) is 12.6. The summed E-state index contributed by atoms with van der Waals surface area (Å²) in [4.78, 5) is 18.7. The van der Waals surface area contributed by atoms with Gasteiger partial charge >= 0.3 is 0 Å². The molecule has 0 spiro atoms. The molecule has 0 saturated heterocycles. The largest absolute Gasteiger partial charge is 0.492 e. The van der Waals surface area contributed by atoms with Gasteiger partial charge in [-0.1, -0.05) is 53.3 Å². The normalized spacial score (nSPS) is 12.4. The van der Waals surface area contributed by atoms with E-state index in [1.165, 1.54) is 11.3 Å². The molecule has 0 amide bonds. The lowest BCUT2D eigenvalue weighted by molar-refractivity contribution is 0.299. The predicted molar refractivity (Wildman–Crippen MR) is 144 cm³/mol. The fraction of sp³-hybridized carbons (Fsp3) is 0.143. The fourth-order valence-electron chi connectivity index (χ4n) is 4.63. The number of aromatic nitrogens is 3. The van der Waals surface area contributed by atoms with Crippen LogP contribution >= 0.6 is 22.9 Å². The van der Waals surface area contributed by atoms with Crippen LogP contribution < -0.4 is 14.8 Å². The van der Waals surface area contributed by atoms with E-state index in [1.54, 1.807) is 4.40 Å². The molecular weight excluding hydrogens is 478 g/mol. The summed E-state index contributed by atoms with van der Waals surface area (Å²) in [6.07, 6.45) is 2.01. The minimum atomic E-state index is -0.0311. The van der Waals surface area contributed by atoms with Crippen LogP contribution in [0.15, 0.2) is 71.5 Å². The van der Waals surface area contributed by atoms with Crippen LogP contribution in [0.3, 0.4) is 0 Å². The van der Waals surface area contributed by atoms with Crippen molar-refractivity contribution in [1.29, 1.82) is 0 Å². The Labute approximate surface area is 210 Å². The lowest BCUT2D eigenvalue weighted by Gasteiger charge is -2.11. The first-order valence-electron chi connectivity index (χ1n) is 11.4. The molecule has 3 aromatic carbocycles. The monoisotopic (exact) mass is 499 g/mol. The van der Waals surface area contributed by atoms with Gasteiger partial charge in [-0.3, -0.25) is 4.79 Å². The van der Waals surface area contributed by atoms with Crippen molar-refractivity contribution in [2.75, 3.05) is 6.61 Å². The molecule has 7 heteroatoms.